The normalized spacial score (nSPS) is 17.9. The van der Waals surface area contributed by atoms with Gasteiger partial charge < -0.3 is 4.74 Å². The van der Waals surface area contributed by atoms with E-state index in [-0.39, 0.29) is 11.8 Å². The highest BCUT2D eigenvalue weighted by molar-refractivity contribution is 9.10. The van der Waals surface area contributed by atoms with Crippen LogP contribution in [0, 0.1) is 0 Å². The lowest BCUT2D eigenvalue weighted by atomic mass is 10.0. The molecule has 1 unspecified atom stereocenters. The molecule has 0 N–H and O–H groups in total. The lowest BCUT2D eigenvalue weighted by Crippen LogP contribution is -2.17. The van der Waals surface area contributed by atoms with Gasteiger partial charge in [0.2, 0.25) is 0 Å². The number of hydrogen-bond donors (Lipinski definition) is 0. The van der Waals surface area contributed by atoms with Crippen LogP contribution in [0.25, 0.3) is 0 Å². The van der Waals surface area contributed by atoms with Crippen LogP contribution in [0.3, 0.4) is 0 Å². The second kappa shape index (κ2) is 6.35. The van der Waals surface area contributed by atoms with E-state index in [1.54, 1.807) is 12.1 Å². The summed E-state index contributed by atoms with van der Waals surface area (Å²) in [5, 5.41) is 0. The fourth-order valence-electron chi connectivity index (χ4n) is 2.62. The molecule has 0 aromatic heterocycles. The summed E-state index contributed by atoms with van der Waals surface area (Å²) < 4.78 is 41.4. The monoisotopic (exact) mass is 383 g/mol. The molecule has 0 aliphatic carbocycles. The third-order valence-corrected chi connectivity index (χ3v) is 4.34. The molecule has 6 heteroatoms. The number of nitrogens with zero attached hydrogens (tertiary/aromatic N) is 1. The Morgan fingerprint density at radius 1 is 1.04 bits per heavy atom. The van der Waals surface area contributed by atoms with E-state index in [0.29, 0.717) is 0 Å². The summed E-state index contributed by atoms with van der Waals surface area (Å²) in [5.74, 6) is -0.214. The average molecular weight is 384 g/mol. The highest BCUT2D eigenvalue weighted by Gasteiger charge is 2.31. The number of hydrogen-bond acceptors (Lipinski definition) is 2. The minimum atomic E-state index is -4.67. The van der Waals surface area contributed by atoms with Gasteiger partial charge in [-0.2, -0.15) is 0 Å². The molecule has 23 heavy (non-hydrogen) atoms. The van der Waals surface area contributed by atoms with Crippen molar-refractivity contribution in [2.75, 3.05) is 0 Å². The number of benzene rings is 2. The minimum absolute atomic E-state index is 0.0305. The smallest absolute Gasteiger partial charge is 0.406 e. The van der Waals surface area contributed by atoms with Crippen LogP contribution in [0.1, 0.15) is 30.0 Å². The Morgan fingerprint density at radius 3 is 2.39 bits per heavy atom. The zero-order valence-electron chi connectivity index (χ0n) is 12.0. The van der Waals surface area contributed by atoms with E-state index in [9.17, 15) is 13.2 Å². The first-order valence-corrected chi connectivity index (χ1v) is 7.89. The molecule has 0 saturated heterocycles. The van der Waals surface area contributed by atoms with Gasteiger partial charge in [-0.05, 0) is 36.6 Å². The first kappa shape index (κ1) is 16.1. The van der Waals surface area contributed by atoms with E-state index in [0.717, 1.165) is 34.2 Å². The standard InChI is InChI=1S/C17H13BrF3NO/c18-14-4-2-1-3-13(14)16-10-9-15(22-16)11-5-7-12(8-6-11)23-17(19,20)21/h1-8,15H,9-10H2. The van der Waals surface area contributed by atoms with Crippen molar-refractivity contribution in [2.24, 2.45) is 4.99 Å². The van der Waals surface area contributed by atoms with Gasteiger partial charge in [-0.15, -0.1) is 13.2 Å². The van der Waals surface area contributed by atoms with E-state index >= 15 is 0 Å². The summed E-state index contributed by atoms with van der Waals surface area (Å²) >= 11 is 3.52. The second-order valence-corrected chi connectivity index (χ2v) is 6.08. The number of alkyl halides is 3. The summed E-state index contributed by atoms with van der Waals surface area (Å²) in [5.41, 5.74) is 2.96. The predicted molar refractivity (Wildman–Crippen MR) is 85.8 cm³/mol. The SMILES string of the molecule is FC(F)(F)Oc1ccc(C2CCC(c3ccccc3Br)=N2)cc1. The maximum Gasteiger partial charge on any atom is 0.573 e. The van der Waals surface area contributed by atoms with Crippen molar-refractivity contribution in [1.82, 2.24) is 0 Å². The van der Waals surface area contributed by atoms with Crippen molar-refractivity contribution in [3.63, 3.8) is 0 Å². The third-order valence-electron chi connectivity index (χ3n) is 3.65. The van der Waals surface area contributed by atoms with E-state index < -0.39 is 6.36 Å². The fraction of sp³-hybridized carbons (Fsp3) is 0.235. The van der Waals surface area contributed by atoms with Gasteiger partial charge in [0.1, 0.15) is 5.75 Å². The Hall–Kier alpha value is -1.82. The van der Waals surface area contributed by atoms with Crippen LogP contribution in [-0.2, 0) is 0 Å². The Morgan fingerprint density at radius 2 is 1.74 bits per heavy atom. The molecule has 2 aromatic rings. The molecule has 1 heterocycles. The summed E-state index contributed by atoms with van der Waals surface area (Å²) in [7, 11) is 0. The van der Waals surface area contributed by atoms with Gasteiger partial charge in [0.15, 0.2) is 0 Å². The van der Waals surface area contributed by atoms with Crippen LogP contribution >= 0.6 is 15.9 Å². The highest BCUT2D eigenvalue weighted by atomic mass is 79.9. The average Bonchev–Trinajstić information content (AvgIpc) is 2.96. The van der Waals surface area contributed by atoms with Crippen molar-refractivity contribution < 1.29 is 17.9 Å². The van der Waals surface area contributed by atoms with Crippen LogP contribution in [0.5, 0.6) is 5.75 Å². The van der Waals surface area contributed by atoms with Crippen LogP contribution < -0.4 is 4.74 Å². The van der Waals surface area contributed by atoms with Gasteiger partial charge in [0, 0.05) is 15.7 Å². The Labute approximate surface area is 140 Å². The van der Waals surface area contributed by atoms with Crippen molar-refractivity contribution in [3.05, 3.63) is 64.1 Å². The minimum Gasteiger partial charge on any atom is -0.406 e. The Kier molecular flexibility index (Phi) is 4.43. The summed E-state index contributed by atoms with van der Waals surface area (Å²) in [6, 6.07) is 13.8. The first-order valence-electron chi connectivity index (χ1n) is 7.10. The Bertz CT molecular complexity index is 725. The molecule has 0 fully saturated rings. The van der Waals surface area contributed by atoms with Gasteiger partial charge in [-0.3, -0.25) is 4.99 Å². The lowest BCUT2D eigenvalue weighted by molar-refractivity contribution is -0.274. The molecule has 120 valence electrons. The zero-order valence-corrected chi connectivity index (χ0v) is 13.6. The molecule has 1 atom stereocenters. The number of rotatable bonds is 3. The molecule has 0 radical (unpaired) electrons. The predicted octanol–water partition coefficient (Wildman–Crippen LogP) is 5.67. The maximum absolute atomic E-state index is 12.2. The number of halogens is 4. The van der Waals surface area contributed by atoms with Gasteiger partial charge in [0.05, 0.1) is 6.04 Å². The largest absolute Gasteiger partial charge is 0.573 e. The van der Waals surface area contributed by atoms with Crippen molar-refractivity contribution >= 4 is 21.6 Å². The molecular weight excluding hydrogens is 371 g/mol. The van der Waals surface area contributed by atoms with Crippen LogP contribution in [0.2, 0.25) is 0 Å². The fourth-order valence-corrected chi connectivity index (χ4v) is 3.14. The van der Waals surface area contributed by atoms with Crippen molar-refractivity contribution in [3.8, 4) is 5.75 Å². The van der Waals surface area contributed by atoms with Crippen molar-refractivity contribution in [1.29, 1.82) is 0 Å². The third kappa shape index (κ3) is 3.93. The quantitative estimate of drug-likeness (QED) is 0.668. The summed E-state index contributed by atoms with van der Waals surface area (Å²) in [4.78, 5) is 4.72. The molecule has 0 saturated carbocycles. The molecule has 0 bridgehead atoms. The highest BCUT2D eigenvalue weighted by Crippen LogP contribution is 2.34. The molecule has 2 aromatic carbocycles. The summed E-state index contributed by atoms with van der Waals surface area (Å²) in [6.07, 6.45) is -2.98. The topological polar surface area (TPSA) is 21.6 Å². The molecule has 3 rings (SSSR count). The van der Waals surface area contributed by atoms with Crippen LogP contribution in [0.15, 0.2) is 58.0 Å². The lowest BCUT2D eigenvalue weighted by Gasteiger charge is -2.11. The van der Waals surface area contributed by atoms with Gasteiger partial charge in [-0.25, -0.2) is 0 Å². The molecule has 0 spiro atoms. The molecular formula is C17H13BrF3NO. The molecule has 0 amide bonds. The van der Waals surface area contributed by atoms with E-state index in [1.807, 2.05) is 24.3 Å². The van der Waals surface area contributed by atoms with Gasteiger partial charge in [-0.1, -0.05) is 46.3 Å². The van der Waals surface area contributed by atoms with Gasteiger partial charge >= 0.3 is 6.36 Å². The Balaban J connectivity index is 1.77. The van der Waals surface area contributed by atoms with Crippen LogP contribution in [0.4, 0.5) is 13.2 Å². The van der Waals surface area contributed by atoms with E-state index in [1.165, 1.54) is 12.1 Å². The molecule has 1 aliphatic rings. The molecule has 1 aliphatic heterocycles. The number of ether oxygens (including phenoxy) is 1. The van der Waals surface area contributed by atoms with E-state index in [2.05, 4.69) is 20.7 Å². The summed E-state index contributed by atoms with van der Waals surface area (Å²) in [6.45, 7) is 0. The van der Waals surface area contributed by atoms with Gasteiger partial charge in [0.25, 0.3) is 0 Å². The van der Waals surface area contributed by atoms with Crippen molar-refractivity contribution in [2.45, 2.75) is 25.2 Å². The van der Waals surface area contributed by atoms with E-state index in [4.69, 9.17) is 4.99 Å². The number of aliphatic imine (C=N–C) groups is 1. The zero-order chi connectivity index (χ0) is 16.4. The second-order valence-electron chi connectivity index (χ2n) is 5.23. The molecule has 2 nitrogen and oxygen atoms in total. The first-order chi connectivity index (χ1) is 10.9. The maximum atomic E-state index is 12.2. The van der Waals surface area contributed by atoms with Crippen LogP contribution in [-0.4, -0.2) is 12.1 Å².